The molecule has 0 N–H and O–H groups in total. The third-order valence-electron chi connectivity index (χ3n) is 2.47. The molecule has 1 aromatic heterocycles. The van der Waals surface area contributed by atoms with E-state index in [1.807, 2.05) is 30.1 Å². The van der Waals surface area contributed by atoms with Crippen molar-refractivity contribution in [3.8, 4) is 0 Å². The lowest BCUT2D eigenvalue weighted by Gasteiger charge is -2.17. The molecule has 2 aromatic rings. The van der Waals surface area contributed by atoms with Crippen LogP contribution in [0.4, 0.5) is 5.82 Å². The average Bonchev–Trinajstić information content (AvgIpc) is 2.28. The second-order valence-corrected chi connectivity index (χ2v) is 4.66. The van der Waals surface area contributed by atoms with Crippen molar-refractivity contribution in [1.29, 1.82) is 0 Å². The number of nitrogens with zero attached hydrogens (tertiary/aromatic N) is 3. The first-order chi connectivity index (χ1) is 7.63. The summed E-state index contributed by atoms with van der Waals surface area (Å²) in [6, 6.07) is 5.91. The molecule has 16 heavy (non-hydrogen) atoms. The maximum atomic E-state index is 5.93. The molecular formula is C11H11BrClN3. The zero-order chi connectivity index (χ0) is 11.7. The molecule has 1 aromatic carbocycles. The van der Waals surface area contributed by atoms with Crippen LogP contribution in [0.1, 0.15) is 6.92 Å². The van der Waals surface area contributed by atoms with Gasteiger partial charge in [0.05, 0.1) is 5.52 Å². The number of anilines is 1. The second kappa shape index (κ2) is 4.55. The molecule has 0 bridgehead atoms. The van der Waals surface area contributed by atoms with Crippen LogP contribution in [0.5, 0.6) is 0 Å². The molecule has 5 heteroatoms. The number of rotatable bonds is 2. The van der Waals surface area contributed by atoms with Gasteiger partial charge in [-0.25, -0.2) is 4.98 Å². The fourth-order valence-corrected chi connectivity index (χ4v) is 2.13. The largest absolute Gasteiger partial charge is 0.359 e. The van der Waals surface area contributed by atoms with Gasteiger partial charge in [0.25, 0.3) is 0 Å². The molecule has 0 aliphatic heterocycles. The summed E-state index contributed by atoms with van der Waals surface area (Å²) in [5, 5.41) is 1.28. The van der Waals surface area contributed by atoms with Gasteiger partial charge in [-0.2, -0.15) is 4.98 Å². The van der Waals surface area contributed by atoms with E-state index in [2.05, 4.69) is 32.8 Å². The first-order valence-corrected chi connectivity index (χ1v) is 6.13. The van der Waals surface area contributed by atoms with Gasteiger partial charge in [-0.1, -0.05) is 6.07 Å². The van der Waals surface area contributed by atoms with Gasteiger partial charge >= 0.3 is 0 Å². The van der Waals surface area contributed by atoms with Gasteiger partial charge in [-0.3, -0.25) is 0 Å². The molecule has 1 heterocycles. The lowest BCUT2D eigenvalue weighted by molar-refractivity contribution is 0.940. The fraction of sp³-hybridized carbons (Fsp3) is 0.273. The molecule has 0 amide bonds. The summed E-state index contributed by atoms with van der Waals surface area (Å²) in [5.41, 5.74) is 0.845. The van der Waals surface area contributed by atoms with Crippen LogP contribution in [0, 0.1) is 0 Å². The molecular weight excluding hydrogens is 289 g/mol. The molecule has 0 aliphatic carbocycles. The van der Waals surface area contributed by atoms with Crippen LogP contribution in [0.2, 0.25) is 5.28 Å². The van der Waals surface area contributed by atoms with Gasteiger partial charge in [0.15, 0.2) is 0 Å². The van der Waals surface area contributed by atoms with Crippen LogP contribution in [0.25, 0.3) is 10.9 Å². The zero-order valence-electron chi connectivity index (χ0n) is 9.04. The Balaban J connectivity index is 2.78. The molecule has 0 radical (unpaired) electrons. The van der Waals surface area contributed by atoms with Crippen molar-refractivity contribution in [1.82, 2.24) is 9.97 Å². The van der Waals surface area contributed by atoms with Crippen molar-refractivity contribution in [2.75, 3.05) is 18.5 Å². The minimum absolute atomic E-state index is 0.273. The lowest BCUT2D eigenvalue weighted by atomic mass is 10.2. The average molecular weight is 301 g/mol. The summed E-state index contributed by atoms with van der Waals surface area (Å²) >= 11 is 9.40. The first-order valence-electron chi connectivity index (χ1n) is 4.96. The number of para-hydroxylation sites is 1. The Morgan fingerprint density at radius 1 is 1.38 bits per heavy atom. The Morgan fingerprint density at radius 2 is 2.12 bits per heavy atom. The van der Waals surface area contributed by atoms with E-state index < -0.39 is 0 Å². The van der Waals surface area contributed by atoms with Crippen LogP contribution < -0.4 is 4.90 Å². The molecule has 0 aliphatic rings. The van der Waals surface area contributed by atoms with Gasteiger partial charge < -0.3 is 4.90 Å². The zero-order valence-corrected chi connectivity index (χ0v) is 11.4. The van der Waals surface area contributed by atoms with Crippen LogP contribution in [-0.4, -0.2) is 23.6 Å². The van der Waals surface area contributed by atoms with Crippen molar-refractivity contribution in [2.45, 2.75) is 6.92 Å². The van der Waals surface area contributed by atoms with Crippen molar-refractivity contribution >= 4 is 44.3 Å². The lowest BCUT2D eigenvalue weighted by Crippen LogP contribution is -2.18. The molecule has 3 nitrogen and oxygen atoms in total. The molecule has 0 atom stereocenters. The Hall–Kier alpha value is -0.870. The predicted molar refractivity (Wildman–Crippen MR) is 71.2 cm³/mol. The standard InChI is InChI=1S/C11H11BrClN3/c1-3-16(2)10-7-5-4-6-8(12)9(7)14-11(13)15-10/h4-6H,3H2,1-2H3. The normalized spacial score (nSPS) is 10.8. The van der Waals surface area contributed by atoms with E-state index in [9.17, 15) is 0 Å². The Labute approximate surface area is 108 Å². The summed E-state index contributed by atoms with van der Waals surface area (Å²) in [4.78, 5) is 10.5. The van der Waals surface area contributed by atoms with Crippen LogP contribution >= 0.6 is 27.5 Å². The Kier molecular flexibility index (Phi) is 3.30. The molecule has 0 unspecified atom stereocenters. The van der Waals surface area contributed by atoms with Crippen LogP contribution in [-0.2, 0) is 0 Å². The second-order valence-electron chi connectivity index (χ2n) is 3.47. The molecule has 0 saturated carbocycles. The quantitative estimate of drug-likeness (QED) is 0.795. The van der Waals surface area contributed by atoms with Crippen molar-refractivity contribution in [2.24, 2.45) is 0 Å². The Morgan fingerprint density at radius 3 is 2.81 bits per heavy atom. The summed E-state index contributed by atoms with van der Waals surface area (Å²) in [6.45, 7) is 2.94. The van der Waals surface area contributed by atoms with E-state index in [4.69, 9.17) is 11.6 Å². The molecule has 0 fully saturated rings. The van der Waals surface area contributed by atoms with E-state index in [0.717, 1.165) is 27.7 Å². The van der Waals surface area contributed by atoms with Crippen molar-refractivity contribution in [3.63, 3.8) is 0 Å². The molecule has 84 valence electrons. The monoisotopic (exact) mass is 299 g/mol. The van der Waals surface area contributed by atoms with Crippen LogP contribution in [0.15, 0.2) is 22.7 Å². The summed E-state index contributed by atoms with van der Waals surface area (Å²) in [6.07, 6.45) is 0. The van der Waals surface area contributed by atoms with Gasteiger partial charge in [-0.05, 0) is 46.6 Å². The summed E-state index contributed by atoms with van der Waals surface area (Å²) < 4.78 is 0.931. The number of halogens is 2. The summed E-state index contributed by atoms with van der Waals surface area (Å²) in [5.74, 6) is 0.860. The number of hydrogen-bond acceptors (Lipinski definition) is 3. The van der Waals surface area contributed by atoms with Crippen molar-refractivity contribution in [3.05, 3.63) is 28.0 Å². The smallest absolute Gasteiger partial charge is 0.224 e. The highest BCUT2D eigenvalue weighted by atomic mass is 79.9. The van der Waals surface area contributed by atoms with E-state index >= 15 is 0 Å². The number of benzene rings is 1. The van der Waals surface area contributed by atoms with Gasteiger partial charge in [0.2, 0.25) is 5.28 Å². The molecule has 0 saturated heterocycles. The number of aromatic nitrogens is 2. The molecule has 2 rings (SSSR count). The third kappa shape index (κ3) is 1.99. The van der Waals surface area contributed by atoms with E-state index in [1.54, 1.807) is 0 Å². The van der Waals surface area contributed by atoms with Crippen molar-refractivity contribution < 1.29 is 0 Å². The van der Waals surface area contributed by atoms with E-state index in [1.165, 1.54) is 0 Å². The summed E-state index contributed by atoms with van der Waals surface area (Å²) in [7, 11) is 1.99. The highest BCUT2D eigenvalue weighted by Crippen LogP contribution is 2.29. The topological polar surface area (TPSA) is 29.0 Å². The van der Waals surface area contributed by atoms with Gasteiger partial charge in [0, 0.05) is 23.5 Å². The van der Waals surface area contributed by atoms with E-state index in [0.29, 0.717) is 0 Å². The fourth-order valence-electron chi connectivity index (χ4n) is 1.52. The van der Waals surface area contributed by atoms with Crippen LogP contribution in [0.3, 0.4) is 0 Å². The minimum Gasteiger partial charge on any atom is -0.359 e. The first kappa shape index (κ1) is 11.6. The maximum Gasteiger partial charge on any atom is 0.224 e. The minimum atomic E-state index is 0.273. The van der Waals surface area contributed by atoms with Gasteiger partial charge in [0.1, 0.15) is 5.82 Å². The van der Waals surface area contributed by atoms with Gasteiger partial charge in [-0.15, -0.1) is 0 Å². The SMILES string of the molecule is CCN(C)c1nc(Cl)nc2c(Br)cccc12. The maximum absolute atomic E-state index is 5.93. The number of fused-ring (bicyclic) bond motifs is 1. The predicted octanol–water partition coefficient (Wildman–Crippen LogP) is 3.50. The highest BCUT2D eigenvalue weighted by molar-refractivity contribution is 9.10. The van der Waals surface area contributed by atoms with E-state index in [-0.39, 0.29) is 5.28 Å². The molecule has 0 spiro atoms. The number of hydrogen-bond donors (Lipinski definition) is 0. The Bertz CT molecular complexity index is 530. The third-order valence-corrected chi connectivity index (χ3v) is 3.27. The highest BCUT2D eigenvalue weighted by Gasteiger charge is 2.11.